The Kier molecular flexibility index (Phi) is 7.94. The van der Waals surface area contributed by atoms with Gasteiger partial charge >= 0.3 is 6.09 Å². The molecule has 0 radical (unpaired) electrons. The SMILES string of the molecule is CC(C)(C)OC(=O)N1CC(C(c2ccccc2)c2ccccc2)N2C[C@H](O[Si](C)(C)C(C)(C)C)C[C@H]2C1. The van der Waals surface area contributed by atoms with Gasteiger partial charge in [-0.05, 0) is 56.5 Å². The molecule has 0 saturated carbocycles. The average Bonchev–Trinajstić information content (AvgIpc) is 3.20. The molecular formula is C31H46N2O3Si. The summed E-state index contributed by atoms with van der Waals surface area (Å²) in [7, 11) is -1.91. The summed E-state index contributed by atoms with van der Waals surface area (Å²) in [6.07, 6.45) is 0.906. The first kappa shape index (κ1) is 27.9. The van der Waals surface area contributed by atoms with Crippen molar-refractivity contribution in [1.29, 1.82) is 0 Å². The van der Waals surface area contributed by atoms with Gasteiger partial charge in [-0.25, -0.2) is 4.79 Å². The van der Waals surface area contributed by atoms with Crippen LogP contribution in [0.3, 0.4) is 0 Å². The number of ether oxygens (including phenoxy) is 1. The first-order chi connectivity index (χ1) is 17.2. The number of rotatable bonds is 5. The second kappa shape index (κ2) is 10.5. The zero-order valence-electron chi connectivity index (χ0n) is 24.0. The normalized spacial score (nSPS) is 23.3. The lowest BCUT2D eigenvalue weighted by Crippen LogP contribution is -2.60. The van der Waals surface area contributed by atoms with E-state index in [0.717, 1.165) is 13.0 Å². The third-order valence-corrected chi connectivity index (χ3v) is 12.8. The third kappa shape index (κ3) is 6.47. The molecule has 2 aromatic rings. The molecule has 1 unspecified atom stereocenters. The van der Waals surface area contributed by atoms with Crippen LogP contribution in [0.4, 0.5) is 4.79 Å². The Hall–Kier alpha value is -2.15. The van der Waals surface area contributed by atoms with Gasteiger partial charge < -0.3 is 14.1 Å². The van der Waals surface area contributed by atoms with E-state index in [4.69, 9.17) is 9.16 Å². The van der Waals surface area contributed by atoms with Crippen molar-refractivity contribution in [3.63, 3.8) is 0 Å². The summed E-state index contributed by atoms with van der Waals surface area (Å²) < 4.78 is 12.8. The van der Waals surface area contributed by atoms with Crippen LogP contribution in [-0.4, -0.2) is 67.6 Å². The smallest absolute Gasteiger partial charge is 0.410 e. The highest BCUT2D eigenvalue weighted by Crippen LogP contribution is 2.42. The number of amides is 1. The molecule has 0 aromatic heterocycles. The van der Waals surface area contributed by atoms with Crippen molar-refractivity contribution in [3.8, 4) is 0 Å². The molecule has 1 amide bonds. The van der Waals surface area contributed by atoms with Gasteiger partial charge in [-0.2, -0.15) is 0 Å². The topological polar surface area (TPSA) is 42.0 Å². The zero-order valence-corrected chi connectivity index (χ0v) is 25.0. The van der Waals surface area contributed by atoms with Crippen molar-refractivity contribution in [1.82, 2.24) is 9.80 Å². The van der Waals surface area contributed by atoms with E-state index in [1.54, 1.807) is 0 Å². The highest BCUT2D eigenvalue weighted by atomic mass is 28.4. The molecule has 4 rings (SSSR count). The Balaban J connectivity index is 1.70. The fourth-order valence-electron chi connectivity index (χ4n) is 5.55. The molecule has 0 spiro atoms. The number of hydrogen-bond acceptors (Lipinski definition) is 4. The van der Waals surface area contributed by atoms with Crippen LogP contribution in [0.1, 0.15) is 65.0 Å². The van der Waals surface area contributed by atoms with Crippen LogP contribution in [0.5, 0.6) is 0 Å². The Morgan fingerprint density at radius 1 is 0.865 bits per heavy atom. The van der Waals surface area contributed by atoms with Crippen LogP contribution < -0.4 is 0 Å². The molecule has 202 valence electrons. The predicted molar refractivity (Wildman–Crippen MR) is 154 cm³/mol. The van der Waals surface area contributed by atoms with Crippen LogP contribution >= 0.6 is 0 Å². The molecule has 2 aromatic carbocycles. The van der Waals surface area contributed by atoms with Crippen molar-refractivity contribution < 1.29 is 14.0 Å². The number of fused-ring (bicyclic) bond motifs is 1. The van der Waals surface area contributed by atoms with Gasteiger partial charge in [0.2, 0.25) is 0 Å². The van der Waals surface area contributed by atoms with Gasteiger partial charge in [0, 0.05) is 37.6 Å². The van der Waals surface area contributed by atoms with Gasteiger partial charge in [-0.3, -0.25) is 4.90 Å². The van der Waals surface area contributed by atoms with E-state index < -0.39 is 13.9 Å². The van der Waals surface area contributed by atoms with E-state index in [1.807, 2.05) is 25.7 Å². The molecular weight excluding hydrogens is 476 g/mol. The molecule has 2 aliphatic heterocycles. The van der Waals surface area contributed by atoms with Crippen molar-refractivity contribution in [2.45, 2.75) is 95.8 Å². The Bertz CT molecular complexity index is 1010. The minimum absolute atomic E-state index is 0.129. The van der Waals surface area contributed by atoms with Gasteiger partial charge in [-0.1, -0.05) is 81.4 Å². The number of hydrogen-bond donors (Lipinski definition) is 0. The predicted octanol–water partition coefficient (Wildman–Crippen LogP) is 6.90. The van der Waals surface area contributed by atoms with Crippen LogP contribution in [0.25, 0.3) is 0 Å². The fourth-order valence-corrected chi connectivity index (χ4v) is 6.91. The Morgan fingerprint density at radius 3 is 1.89 bits per heavy atom. The lowest BCUT2D eigenvalue weighted by atomic mass is 9.82. The molecule has 2 fully saturated rings. The third-order valence-electron chi connectivity index (χ3n) is 8.30. The van der Waals surface area contributed by atoms with E-state index in [9.17, 15) is 4.79 Å². The summed E-state index contributed by atoms with van der Waals surface area (Å²) in [5.41, 5.74) is 2.03. The summed E-state index contributed by atoms with van der Waals surface area (Å²) in [6, 6.07) is 21.9. The highest BCUT2D eigenvalue weighted by molar-refractivity contribution is 6.74. The molecule has 0 aliphatic carbocycles. The number of carbonyl (C=O) groups excluding carboxylic acids is 1. The summed E-state index contributed by atoms with van der Waals surface area (Å²) in [5, 5.41) is 0.161. The van der Waals surface area contributed by atoms with Gasteiger partial charge in [-0.15, -0.1) is 0 Å². The largest absolute Gasteiger partial charge is 0.444 e. The molecule has 0 N–H and O–H groups in total. The van der Waals surface area contributed by atoms with Crippen LogP contribution in [-0.2, 0) is 9.16 Å². The molecule has 6 heteroatoms. The first-order valence-electron chi connectivity index (χ1n) is 13.8. The quantitative estimate of drug-likeness (QED) is 0.401. The minimum Gasteiger partial charge on any atom is -0.444 e. The monoisotopic (exact) mass is 522 g/mol. The number of benzene rings is 2. The number of piperazine rings is 1. The van der Waals surface area contributed by atoms with Gasteiger partial charge in [0.25, 0.3) is 0 Å². The Morgan fingerprint density at radius 2 is 1.41 bits per heavy atom. The van der Waals surface area contributed by atoms with E-state index in [0.29, 0.717) is 13.1 Å². The number of nitrogens with zero attached hydrogens (tertiary/aromatic N) is 2. The lowest BCUT2D eigenvalue weighted by Gasteiger charge is -2.47. The molecule has 2 heterocycles. The van der Waals surface area contributed by atoms with E-state index in [2.05, 4.69) is 99.4 Å². The summed E-state index contributed by atoms with van der Waals surface area (Å²) >= 11 is 0. The summed E-state index contributed by atoms with van der Waals surface area (Å²) in [5.74, 6) is 0.141. The lowest BCUT2D eigenvalue weighted by molar-refractivity contribution is -0.00694. The molecule has 5 nitrogen and oxygen atoms in total. The summed E-state index contributed by atoms with van der Waals surface area (Å²) in [6.45, 7) is 19.6. The van der Waals surface area contributed by atoms with E-state index in [1.165, 1.54) is 11.1 Å². The minimum atomic E-state index is -1.91. The van der Waals surface area contributed by atoms with Crippen molar-refractivity contribution >= 4 is 14.4 Å². The molecule has 2 aliphatic rings. The average molecular weight is 523 g/mol. The first-order valence-corrected chi connectivity index (χ1v) is 16.7. The van der Waals surface area contributed by atoms with E-state index in [-0.39, 0.29) is 35.2 Å². The van der Waals surface area contributed by atoms with Crippen LogP contribution in [0.15, 0.2) is 60.7 Å². The van der Waals surface area contributed by atoms with Gasteiger partial charge in [0.05, 0.1) is 6.10 Å². The highest BCUT2D eigenvalue weighted by Gasteiger charge is 2.49. The maximum atomic E-state index is 13.3. The zero-order chi connectivity index (χ0) is 27.0. The second-order valence-electron chi connectivity index (χ2n) is 13.3. The van der Waals surface area contributed by atoms with Crippen molar-refractivity contribution in [2.75, 3.05) is 19.6 Å². The van der Waals surface area contributed by atoms with Crippen molar-refractivity contribution in [2.24, 2.45) is 0 Å². The van der Waals surface area contributed by atoms with Gasteiger partial charge in [0.1, 0.15) is 5.60 Å². The molecule has 3 atom stereocenters. The van der Waals surface area contributed by atoms with Crippen LogP contribution in [0.2, 0.25) is 18.1 Å². The summed E-state index contributed by atoms with van der Waals surface area (Å²) in [4.78, 5) is 17.9. The van der Waals surface area contributed by atoms with E-state index >= 15 is 0 Å². The molecule has 37 heavy (non-hydrogen) atoms. The maximum Gasteiger partial charge on any atom is 0.410 e. The van der Waals surface area contributed by atoms with Crippen molar-refractivity contribution in [3.05, 3.63) is 71.8 Å². The fraction of sp³-hybridized carbons (Fsp3) is 0.581. The standard InChI is InChI=1S/C31H46N2O3Si/c1-30(2,3)35-29(34)32-20-25-19-26(36-37(7,8)31(4,5)6)21-33(25)27(22-32)28(23-15-11-9-12-16-23)24-17-13-10-14-18-24/h9-18,25-28H,19-22H2,1-8H3/t25-,26+,27?/m0/s1. The maximum absolute atomic E-state index is 13.3. The number of carbonyl (C=O) groups is 1. The second-order valence-corrected chi connectivity index (χ2v) is 18.1. The van der Waals surface area contributed by atoms with Gasteiger partial charge in [0.15, 0.2) is 8.32 Å². The molecule has 2 saturated heterocycles. The Labute approximate surface area is 225 Å². The molecule has 0 bridgehead atoms. The van der Waals surface area contributed by atoms with Crippen LogP contribution in [0, 0.1) is 0 Å².